The maximum Gasteiger partial charge on any atom is 0.119 e. The summed E-state index contributed by atoms with van der Waals surface area (Å²) in [6.07, 6.45) is 3.44. The van der Waals surface area contributed by atoms with Crippen molar-refractivity contribution >= 4 is 0 Å². The van der Waals surface area contributed by atoms with Gasteiger partial charge in [-0.2, -0.15) is 0 Å². The molecule has 1 fully saturated rings. The fourth-order valence-corrected chi connectivity index (χ4v) is 1.52. The second kappa shape index (κ2) is 3.38. The Bertz CT molecular complexity index is 267. The number of hydrogen-bond acceptors (Lipinski definition) is 2. The highest BCUT2D eigenvalue weighted by Crippen LogP contribution is 2.29. The highest BCUT2D eigenvalue weighted by atomic mass is 16.5. The smallest absolute Gasteiger partial charge is 0.119 e. The van der Waals surface area contributed by atoms with Crippen LogP contribution in [0.2, 0.25) is 0 Å². The number of benzene rings is 1. The van der Waals surface area contributed by atoms with Crippen molar-refractivity contribution in [1.82, 2.24) is 0 Å². The van der Waals surface area contributed by atoms with Crippen molar-refractivity contribution in [3.05, 3.63) is 30.3 Å². The summed E-state index contributed by atoms with van der Waals surface area (Å²) in [5.74, 6) is 0.916. The van der Waals surface area contributed by atoms with E-state index in [4.69, 9.17) is 10.5 Å². The van der Waals surface area contributed by atoms with Crippen LogP contribution in [0, 0.1) is 0 Å². The molecule has 0 amide bonds. The molecule has 0 atom stereocenters. The van der Waals surface area contributed by atoms with Gasteiger partial charge in [-0.3, -0.25) is 0 Å². The molecule has 1 saturated carbocycles. The summed E-state index contributed by atoms with van der Waals surface area (Å²) < 4.78 is 5.59. The van der Waals surface area contributed by atoms with Crippen LogP contribution in [0.15, 0.2) is 30.3 Å². The van der Waals surface area contributed by atoms with Crippen molar-refractivity contribution in [2.45, 2.75) is 24.8 Å². The van der Waals surface area contributed by atoms with Gasteiger partial charge in [0, 0.05) is 0 Å². The van der Waals surface area contributed by atoms with E-state index >= 15 is 0 Å². The monoisotopic (exact) mass is 177 g/mol. The van der Waals surface area contributed by atoms with Crippen molar-refractivity contribution in [1.29, 1.82) is 0 Å². The Labute approximate surface area is 78.7 Å². The van der Waals surface area contributed by atoms with Crippen LogP contribution in [0.25, 0.3) is 0 Å². The van der Waals surface area contributed by atoms with Gasteiger partial charge < -0.3 is 10.5 Å². The lowest BCUT2D eigenvalue weighted by atomic mass is 9.78. The predicted octanol–water partition coefficient (Wildman–Crippen LogP) is 1.95. The third-order valence-corrected chi connectivity index (χ3v) is 2.62. The lowest BCUT2D eigenvalue weighted by Crippen LogP contribution is -2.51. The molecule has 0 aliphatic heterocycles. The van der Waals surface area contributed by atoms with Gasteiger partial charge in [-0.15, -0.1) is 0 Å². The van der Waals surface area contributed by atoms with Crippen molar-refractivity contribution < 1.29 is 4.74 Å². The second-order valence-corrected chi connectivity index (χ2v) is 3.82. The van der Waals surface area contributed by atoms with E-state index in [0.717, 1.165) is 18.6 Å². The molecule has 1 aromatic carbocycles. The second-order valence-electron chi connectivity index (χ2n) is 3.82. The highest BCUT2D eigenvalue weighted by Gasteiger charge is 2.33. The Balaban J connectivity index is 1.86. The van der Waals surface area contributed by atoms with Crippen LogP contribution < -0.4 is 10.5 Å². The minimum Gasteiger partial charge on any atom is -0.492 e. The first-order chi connectivity index (χ1) is 6.29. The fourth-order valence-electron chi connectivity index (χ4n) is 1.52. The van der Waals surface area contributed by atoms with Gasteiger partial charge in [-0.05, 0) is 31.4 Å². The molecule has 1 aliphatic carbocycles. The summed E-state index contributed by atoms with van der Waals surface area (Å²) in [6, 6.07) is 9.84. The van der Waals surface area contributed by atoms with E-state index in [2.05, 4.69) is 0 Å². The third-order valence-electron chi connectivity index (χ3n) is 2.62. The lowest BCUT2D eigenvalue weighted by Gasteiger charge is -2.37. The molecular formula is C11H15NO. The third kappa shape index (κ3) is 2.01. The quantitative estimate of drug-likeness (QED) is 0.765. The van der Waals surface area contributed by atoms with Crippen LogP contribution >= 0.6 is 0 Å². The highest BCUT2D eigenvalue weighted by molar-refractivity contribution is 5.21. The molecule has 13 heavy (non-hydrogen) atoms. The SMILES string of the molecule is NC1(COc2ccccc2)CCC1. The maximum atomic E-state index is 6.03. The molecule has 0 aromatic heterocycles. The standard InChI is InChI=1S/C11H15NO/c12-11(7-4-8-11)9-13-10-5-2-1-3-6-10/h1-3,5-6H,4,7-9,12H2. The molecule has 0 saturated heterocycles. The normalized spacial score (nSPS) is 19.2. The van der Waals surface area contributed by atoms with Crippen LogP contribution in [-0.4, -0.2) is 12.1 Å². The Hall–Kier alpha value is -1.02. The van der Waals surface area contributed by atoms with Crippen molar-refractivity contribution in [3.8, 4) is 5.75 Å². The van der Waals surface area contributed by atoms with E-state index in [-0.39, 0.29) is 5.54 Å². The molecule has 2 rings (SSSR count). The molecule has 0 heterocycles. The zero-order valence-corrected chi connectivity index (χ0v) is 7.70. The van der Waals surface area contributed by atoms with Gasteiger partial charge in [0.15, 0.2) is 0 Å². The van der Waals surface area contributed by atoms with Gasteiger partial charge in [-0.1, -0.05) is 18.2 Å². The lowest BCUT2D eigenvalue weighted by molar-refractivity contribution is 0.142. The van der Waals surface area contributed by atoms with Gasteiger partial charge in [-0.25, -0.2) is 0 Å². The zero-order valence-electron chi connectivity index (χ0n) is 7.70. The molecule has 1 aromatic rings. The number of hydrogen-bond donors (Lipinski definition) is 1. The van der Waals surface area contributed by atoms with Crippen LogP contribution in [0.1, 0.15) is 19.3 Å². The predicted molar refractivity (Wildman–Crippen MR) is 52.7 cm³/mol. The average Bonchev–Trinajstić information content (AvgIpc) is 2.13. The molecule has 70 valence electrons. The van der Waals surface area contributed by atoms with Gasteiger partial charge >= 0.3 is 0 Å². The van der Waals surface area contributed by atoms with Gasteiger partial charge in [0.2, 0.25) is 0 Å². The Morgan fingerprint density at radius 3 is 2.46 bits per heavy atom. The van der Waals surface area contributed by atoms with Gasteiger partial charge in [0.1, 0.15) is 12.4 Å². The molecule has 0 bridgehead atoms. The molecule has 2 heteroatoms. The van der Waals surface area contributed by atoms with Gasteiger partial charge in [0.05, 0.1) is 5.54 Å². The van der Waals surface area contributed by atoms with Crippen molar-refractivity contribution in [3.63, 3.8) is 0 Å². The van der Waals surface area contributed by atoms with E-state index in [9.17, 15) is 0 Å². The minimum absolute atomic E-state index is 0.0458. The number of rotatable bonds is 3. The molecule has 2 N–H and O–H groups in total. The molecule has 0 spiro atoms. The minimum atomic E-state index is -0.0458. The summed E-state index contributed by atoms with van der Waals surface area (Å²) in [7, 11) is 0. The topological polar surface area (TPSA) is 35.2 Å². The first-order valence-electron chi connectivity index (χ1n) is 4.75. The first kappa shape index (κ1) is 8.57. The van der Waals surface area contributed by atoms with Crippen molar-refractivity contribution in [2.75, 3.05) is 6.61 Å². The van der Waals surface area contributed by atoms with Crippen LogP contribution in [0.4, 0.5) is 0 Å². The first-order valence-corrected chi connectivity index (χ1v) is 4.75. The number of nitrogens with two attached hydrogens (primary N) is 1. The molecule has 0 radical (unpaired) electrons. The Morgan fingerprint density at radius 1 is 1.23 bits per heavy atom. The van der Waals surface area contributed by atoms with Crippen molar-refractivity contribution in [2.24, 2.45) is 5.73 Å². The van der Waals surface area contributed by atoms with E-state index in [1.807, 2.05) is 30.3 Å². The van der Waals surface area contributed by atoms with Crippen LogP contribution in [0.3, 0.4) is 0 Å². The summed E-state index contributed by atoms with van der Waals surface area (Å²) in [4.78, 5) is 0. The number of para-hydroxylation sites is 1. The largest absolute Gasteiger partial charge is 0.492 e. The molecule has 2 nitrogen and oxygen atoms in total. The summed E-state index contributed by atoms with van der Waals surface area (Å²) >= 11 is 0. The molecule has 0 unspecified atom stereocenters. The van der Waals surface area contributed by atoms with E-state index in [0.29, 0.717) is 6.61 Å². The molecular weight excluding hydrogens is 162 g/mol. The zero-order chi connectivity index (χ0) is 9.15. The van der Waals surface area contributed by atoms with E-state index < -0.39 is 0 Å². The maximum absolute atomic E-state index is 6.03. The summed E-state index contributed by atoms with van der Waals surface area (Å²) in [5, 5.41) is 0. The Kier molecular flexibility index (Phi) is 2.23. The summed E-state index contributed by atoms with van der Waals surface area (Å²) in [5.41, 5.74) is 5.98. The van der Waals surface area contributed by atoms with Crippen LogP contribution in [-0.2, 0) is 0 Å². The van der Waals surface area contributed by atoms with E-state index in [1.165, 1.54) is 6.42 Å². The average molecular weight is 177 g/mol. The summed E-state index contributed by atoms with van der Waals surface area (Å²) in [6.45, 7) is 0.650. The number of ether oxygens (including phenoxy) is 1. The Morgan fingerprint density at radius 2 is 1.92 bits per heavy atom. The van der Waals surface area contributed by atoms with E-state index in [1.54, 1.807) is 0 Å². The fraction of sp³-hybridized carbons (Fsp3) is 0.455. The van der Waals surface area contributed by atoms with Gasteiger partial charge in [0.25, 0.3) is 0 Å². The van der Waals surface area contributed by atoms with Crippen LogP contribution in [0.5, 0.6) is 5.75 Å². The molecule has 1 aliphatic rings.